The lowest BCUT2D eigenvalue weighted by Crippen LogP contribution is -2.44. The summed E-state index contributed by atoms with van der Waals surface area (Å²) in [6.07, 6.45) is 0.0943. The van der Waals surface area contributed by atoms with E-state index in [0.717, 1.165) is 10.6 Å². The Morgan fingerprint density at radius 2 is 2.19 bits per heavy atom. The monoisotopic (exact) mass is 308 g/mol. The van der Waals surface area contributed by atoms with E-state index < -0.39 is 6.10 Å². The normalized spacial score (nSPS) is 15.6. The molecule has 2 rings (SSSR count). The Morgan fingerprint density at radius 1 is 1.48 bits per heavy atom. The number of aliphatic hydroxyl groups excluding tert-OH is 1. The SMILES string of the molecule is CC(O)CCN(C)C(=O)CN1C(=O)CSc2ccccc21. The van der Waals surface area contributed by atoms with Crippen LogP contribution in [0.5, 0.6) is 0 Å². The maximum atomic E-state index is 12.2. The molecule has 1 aromatic rings. The molecule has 5 nitrogen and oxygen atoms in total. The zero-order valence-corrected chi connectivity index (χ0v) is 13.1. The van der Waals surface area contributed by atoms with E-state index in [-0.39, 0.29) is 18.4 Å². The summed E-state index contributed by atoms with van der Waals surface area (Å²) in [5, 5.41) is 9.27. The van der Waals surface area contributed by atoms with Gasteiger partial charge in [-0.1, -0.05) is 12.1 Å². The van der Waals surface area contributed by atoms with Crippen LogP contribution in [-0.2, 0) is 9.59 Å². The number of likely N-dealkylation sites (N-methyl/N-ethyl adjacent to an activating group) is 1. The van der Waals surface area contributed by atoms with E-state index in [0.29, 0.717) is 18.7 Å². The number of carbonyl (C=O) groups is 2. The molecule has 0 aromatic heterocycles. The molecule has 1 N–H and O–H groups in total. The Morgan fingerprint density at radius 3 is 2.90 bits per heavy atom. The fourth-order valence-corrected chi connectivity index (χ4v) is 3.02. The van der Waals surface area contributed by atoms with Crippen LogP contribution in [0.2, 0.25) is 0 Å². The number of hydrogen-bond donors (Lipinski definition) is 1. The van der Waals surface area contributed by atoms with E-state index in [1.165, 1.54) is 11.8 Å². The van der Waals surface area contributed by atoms with Crippen molar-refractivity contribution in [2.24, 2.45) is 0 Å². The van der Waals surface area contributed by atoms with Crippen LogP contribution in [0.25, 0.3) is 0 Å². The van der Waals surface area contributed by atoms with Crippen molar-refractivity contribution < 1.29 is 14.7 Å². The maximum Gasteiger partial charge on any atom is 0.242 e. The quantitative estimate of drug-likeness (QED) is 0.892. The van der Waals surface area contributed by atoms with Crippen LogP contribution < -0.4 is 4.90 Å². The highest BCUT2D eigenvalue weighted by molar-refractivity contribution is 8.00. The Hall–Kier alpha value is -1.53. The molecule has 6 heteroatoms. The van der Waals surface area contributed by atoms with Crippen LogP contribution in [0.15, 0.2) is 29.2 Å². The van der Waals surface area contributed by atoms with Crippen molar-refractivity contribution in [2.75, 3.05) is 30.8 Å². The molecule has 1 heterocycles. The zero-order valence-electron chi connectivity index (χ0n) is 12.3. The molecule has 1 aliphatic rings. The summed E-state index contributed by atoms with van der Waals surface area (Å²) in [5.41, 5.74) is 0.802. The first-order chi connectivity index (χ1) is 9.99. The molecule has 1 aliphatic heterocycles. The molecule has 21 heavy (non-hydrogen) atoms. The Balaban J connectivity index is 2.05. The van der Waals surface area contributed by atoms with Gasteiger partial charge in [0.05, 0.1) is 17.5 Å². The van der Waals surface area contributed by atoms with Crippen molar-refractivity contribution in [3.63, 3.8) is 0 Å². The third kappa shape index (κ3) is 3.98. The number of aliphatic hydroxyl groups is 1. The van der Waals surface area contributed by atoms with Gasteiger partial charge < -0.3 is 14.9 Å². The van der Waals surface area contributed by atoms with E-state index in [1.807, 2.05) is 24.3 Å². The number of carbonyl (C=O) groups excluding carboxylic acids is 2. The molecule has 0 bridgehead atoms. The highest BCUT2D eigenvalue weighted by Crippen LogP contribution is 2.34. The zero-order chi connectivity index (χ0) is 15.4. The number of fused-ring (bicyclic) bond motifs is 1. The van der Waals surface area contributed by atoms with Crippen molar-refractivity contribution in [2.45, 2.75) is 24.3 Å². The Labute approximate surface area is 128 Å². The van der Waals surface area contributed by atoms with Crippen molar-refractivity contribution in [3.8, 4) is 0 Å². The lowest BCUT2D eigenvalue weighted by atomic mass is 10.2. The highest BCUT2D eigenvalue weighted by atomic mass is 32.2. The lowest BCUT2D eigenvalue weighted by molar-refractivity contribution is -0.130. The van der Waals surface area contributed by atoms with E-state index in [1.54, 1.807) is 23.8 Å². The molecule has 2 amide bonds. The van der Waals surface area contributed by atoms with Crippen molar-refractivity contribution >= 4 is 29.3 Å². The van der Waals surface area contributed by atoms with Gasteiger partial charge in [-0.2, -0.15) is 0 Å². The number of hydrogen-bond acceptors (Lipinski definition) is 4. The second-order valence-corrected chi connectivity index (χ2v) is 6.21. The van der Waals surface area contributed by atoms with Crippen LogP contribution in [0.3, 0.4) is 0 Å². The van der Waals surface area contributed by atoms with Gasteiger partial charge >= 0.3 is 0 Å². The van der Waals surface area contributed by atoms with Gasteiger partial charge in [0.15, 0.2) is 0 Å². The van der Waals surface area contributed by atoms with Gasteiger partial charge in [0.2, 0.25) is 11.8 Å². The van der Waals surface area contributed by atoms with Crippen molar-refractivity contribution in [1.29, 1.82) is 0 Å². The summed E-state index contributed by atoms with van der Waals surface area (Å²) in [6, 6.07) is 7.62. The summed E-state index contributed by atoms with van der Waals surface area (Å²) in [7, 11) is 1.69. The van der Waals surface area contributed by atoms with Gasteiger partial charge in [0, 0.05) is 18.5 Å². The van der Waals surface area contributed by atoms with Gasteiger partial charge in [-0.25, -0.2) is 0 Å². The van der Waals surface area contributed by atoms with Gasteiger partial charge in [-0.15, -0.1) is 11.8 Å². The summed E-state index contributed by atoms with van der Waals surface area (Å²) < 4.78 is 0. The average molecular weight is 308 g/mol. The van der Waals surface area contributed by atoms with E-state index >= 15 is 0 Å². The molecule has 1 aromatic carbocycles. The molecule has 1 atom stereocenters. The molecular formula is C15H20N2O3S. The molecule has 114 valence electrons. The van der Waals surface area contributed by atoms with Gasteiger partial charge in [-0.05, 0) is 25.5 Å². The number of para-hydroxylation sites is 1. The first-order valence-corrected chi connectivity index (χ1v) is 7.92. The van der Waals surface area contributed by atoms with Crippen LogP contribution in [-0.4, -0.2) is 53.8 Å². The molecule has 0 saturated carbocycles. The summed E-state index contributed by atoms with van der Waals surface area (Å²) in [6.45, 7) is 2.22. The maximum absolute atomic E-state index is 12.2. The average Bonchev–Trinajstić information content (AvgIpc) is 2.47. The summed E-state index contributed by atoms with van der Waals surface area (Å²) in [4.78, 5) is 28.4. The van der Waals surface area contributed by atoms with Crippen LogP contribution in [0.1, 0.15) is 13.3 Å². The van der Waals surface area contributed by atoms with Crippen molar-refractivity contribution in [3.05, 3.63) is 24.3 Å². The molecule has 0 fully saturated rings. The fraction of sp³-hybridized carbons (Fsp3) is 0.467. The number of benzene rings is 1. The van der Waals surface area contributed by atoms with Gasteiger partial charge in [0.25, 0.3) is 0 Å². The summed E-state index contributed by atoms with van der Waals surface area (Å²) in [5.74, 6) is 0.198. The Kier molecular flexibility index (Phi) is 5.25. The number of thioether (sulfide) groups is 1. The first-order valence-electron chi connectivity index (χ1n) is 6.93. The van der Waals surface area contributed by atoms with E-state index in [2.05, 4.69) is 0 Å². The minimum atomic E-state index is -0.436. The van der Waals surface area contributed by atoms with E-state index in [4.69, 9.17) is 0 Å². The number of nitrogens with zero attached hydrogens (tertiary/aromatic N) is 2. The fourth-order valence-electron chi connectivity index (χ4n) is 2.09. The van der Waals surface area contributed by atoms with Crippen LogP contribution >= 0.6 is 11.8 Å². The highest BCUT2D eigenvalue weighted by Gasteiger charge is 2.27. The predicted molar refractivity (Wildman–Crippen MR) is 83.5 cm³/mol. The van der Waals surface area contributed by atoms with E-state index in [9.17, 15) is 14.7 Å². The first kappa shape index (κ1) is 15.9. The van der Waals surface area contributed by atoms with Crippen LogP contribution in [0.4, 0.5) is 5.69 Å². The minimum Gasteiger partial charge on any atom is -0.393 e. The molecule has 0 aliphatic carbocycles. The molecule has 0 radical (unpaired) electrons. The lowest BCUT2D eigenvalue weighted by Gasteiger charge is -2.30. The molecule has 0 saturated heterocycles. The standard InChI is InChI=1S/C15H20N2O3S/c1-11(18)7-8-16(2)14(19)9-17-12-5-3-4-6-13(12)21-10-15(17)20/h3-6,11,18H,7-10H2,1-2H3. The predicted octanol–water partition coefficient (Wildman–Crippen LogP) is 1.35. The number of rotatable bonds is 5. The largest absolute Gasteiger partial charge is 0.393 e. The van der Waals surface area contributed by atoms with Gasteiger partial charge in [-0.3, -0.25) is 9.59 Å². The number of amides is 2. The molecular weight excluding hydrogens is 288 g/mol. The van der Waals surface area contributed by atoms with Crippen LogP contribution in [0, 0.1) is 0 Å². The minimum absolute atomic E-state index is 0.0454. The second kappa shape index (κ2) is 6.95. The molecule has 1 unspecified atom stereocenters. The number of anilines is 1. The van der Waals surface area contributed by atoms with Crippen molar-refractivity contribution in [1.82, 2.24) is 4.90 Å². The smallest absolute Gasteiger partial charge is 0.242 e. The molecule has 0 spiro atoms. The Bertz CT molecular complexity index is 533. The third-order valence-corrected chi connectivity index (χ3v) is 4.46. The summed E-state index contributed by atoms with van der Waals surface area (Å²) >= 11 is 1.50. The second-order valence-electron chi connectivity index (χ2n) is 5.19. The third-order valence-electron chi connectivity index (χ3n) is 3.41. The van der Waals surface area contributed by atoms with Gasteiger partial charge in [0.1, 0.15) is 6.54 Å². The topological polar surface area (TPSA) is 60.9 Å².